The van der Waals surface area contributed by atoms with Gasteiger partial charge in [0, 0.05) is 32.4 Å². The van der Waals surface area contributed by atoms with Crippen molar-refractivity contribution >= 4 is 28.8 Å². The maximum atomic E-state index is 11.8. The molecule has 0 bridgehead atoms. The van der Waals surface area contributed by atoms with E-state index in [1.165, 1.54) is 20.8 Å². The summed E-state index contributed by atoms with van der Waals surface area (Å²) in [7, 11) is 0. The number of carbonyl (C=O) groups excluding carboxylic acids is 3. The Bertz CT molecular complexity index is 903. The zero-order valence-corrected chi connectivity index (χ0v) is 16.2. The quantitative estimate of drug-likeness (QED) is 0.585. The summed E-state index contributed by atoms with van der Waals surface area (Å²) in [6.07, 6.45) is -1.79. The second-order valence-corrected chi connectivity index (χ2v) is 6.75. The highest BCUT2D eigenvalue weighted by Gasteiger charge is 2.47. The van der Waals surface area contributed by atoms with E-state index in [-0.39, 0.29) is 6.61 Å². The lowest BCUT2D eigenvalue weighted by molar-refractivity contribution is -0.239. The third kappa shape index (κ3) is 4.01. The molecule has 150 valence electrons. The molecule has 0 amide bonds. The number of ether oxygens (including phenoxy) is 4. The minimum atomic E-state index is -0.994. The third-order valence-corrected chi connectivity index (χ3v) is 4.58. The van der Waals surface area contributed by atoms with Crippen LogP contribution in [0.4, 0.5) is 0 Å². The van der Waals surface area contributed by atoms with Crippen molar-refractivity contribution in [1.82, 2.24) is 4.57 Å². The van der Waals surface area contributed by atoms with Crippen LogP contribution < -0.4 is 0 Å². The van der Waals surface area contributed by atoms with Crippen LogP contribution in [0.2, 0.25) is 0 Å². The molecule has 2 aromatic rings. The van der Waals surface area contributed by atoms with E-state index < -0.39 is 42.4 Å². The van der Waals surface area contributed by atoms with Gasteiger partial charge >= 0.3 is 17.9 Å². The smallest absolute Gasteiger partial charge is 0.303 e. The van der Waals surface area contributed by atoms with Crippen molar-refractivity contribution < 1.29 is 33.3 Å². The first-order chi connectivity index (χ1) is 13.3. The SMILES string of the molecule is CC(=O)O[C@@H]1[C@@H](OC(C)=O)[C@H](OC(C)=O)CO[C@H]1n1ccc2c(C)cccc21. The van der Waals surface area contributed by atoms with Crippen LogP contribution in [0.25, 0.3) is 10.9 Å². The lowest BCUT2D eigenvalue weighted by Gasteiger charge is -2.41. The number of esters is 3. The molecule has 0 N–H and O–H groups in total. The van der Waals surface area contributed by atoms with Gasteiger partial charge in [0.1, 0.15) is 0 Å². The highest BCUT2D eigenvalue weighted by Crippen LogP contribution is 2.34. The van der Waals surface area contributed by atoms with E-state index in [9.17, 15) is 14.4 Å². The largest absolute Gasteiger partial charge is 0.456 e. The van der Waals surface area contributed by atoms with Gasteiger partial charge in [-0.05, 0) is 24.6 Å². The number of hydrogen-bond acceptors (Lipinski definition) is 7. The van der Waals surface area contributed by atoms with Crippen molar-refractivity contribution in [2.45, 2.75) is 52.2 Å². The van der Waals surface area contributed by atoms with E-state index in [0.717, 1.165) is 16.5 Å². The van der Waals surface area contributed by atoms with Gasteiger partial charge in [-0.2, -0.15) is 0 Å². The summed E-state index contributed by atoms with van der Waals surface area (Å²) in [6.45, 7) is 5.74. The average Bonchev–Trinajstić information content (AvgIpc) is 3.02. The number of benzene rings is 1. The summed E-state index contributed by atoms with van der Waals surface area (Å²) in [4.78, 5) is 34.9. The molecule has 0 saturated carbocycles. The topological polar surface area (TPSA) is 93.1 Å². The Hall–Kier alpha value is -2.87. The van der Waals surface area contributed by atoms with Crippen molar-refractivity contribution in [3.05, 3.63) is 36.0 Å². The number of hydrogen-bond donors (Lipinski definition) is 0. The molecule has 1 aromatic carbocycles. The summed E-state index contributed by atoms with van der Waals surface area (Å²) in [6, 6.07) is 7.78. The van der Waals surface area contributed by atoms with Gasteiger partial charge in [-0.1, -0.05) is 12.1 Å². The number of aryl methyl sites for hydroxylation is 1. The fourth-order valence-corrected chi connectivity index (χ4v) is 3.53. The lowest BCUT2D eigenvalue weighted by Crippen LogP contribution is -2.55. The molecular formula is C20H23NO7. The van der Waals surface area contributed by atoms with Crippen LogP contribution in [0.1, 0.15) is 32.6 Å². The second kappa shape index (κ2) is 8.02. The molecule has 3 rings (SSSR count). The molecule has 1 aliphatic heterocycles. The lowest BCUT2D eigenvalue weighted by atomic mass is 10.0. The average molecular weight is 389 g/mol. The van der Waals surface area contributed by atoms with Crippen molar-refractivity contribution in [3.63, 3.8) is 0 Å². The minimum Gasteiger partial charge on any atom is -0.456 e. The number of carbonyl (C=O) groups is 3. The summed E-state index contributed by atoms with van der Waals surface area (Å²) in [5.41, 5.74) is 1.97. The Morgan fingerprint density at radius 3 is 2.25 bits per heavy atom. The van der Waals surface area contributed by atoms with Crippen LogP contribution in [0.5, 0.6) is 0 Å². The molecule has 1 fully saturated rings. The third-order valence-electron chi connectivity index (χ3n) is 4.58. The van der Waals surface area contributed by atoms with Gasteiger partial charge in [-0.3, -0.25) is 14.4 Å². The normalized spacial score (nSPS) is 24.6. The Labute approximate surface area is 162 Å². The summed E-state index contributed by atoms with van der Waals surface area (Å²) >= 11 is 0. The zero-order chi connectivity index (χ0) is 20.4. The molecule has 8 nitrogen and oxygen atoms in total. The van der Waals surface area contributed by atoms with Crippen molar-refractivity contribution in [2.75, 3.05) is 6.61 Å². The molecule has 0 unspecified atom stereocenters. The van der Waals surface area contributed by atoms with Gasteiger partial charge < -0.3 is 23.5 Å². The molecule has 1 saturated heterocycles. The van der Waals surface area contributed by atoms with E-state index >= 15 is 0 Å². The molecule has 1 aromatic heterocycles. The predicted molar refractivity (Wildman–Crippen MR) is 98.3 cm³/mol. The first kappa shape index (κ1) is 19.9. The van der Waals surface area contributed by atoms with Crippen LogP contribution in [0.15, 0.2) is 30.5 Å². The minimum absolute atomic E-state index is 0.00848. The molecule has 0 radical (unpaired) electrons. The summed E-state index contributed by atoms with van der Waals surface area (Å²) in [5.74, 6) is -1.69. The molecule has 1 aliphatic rings. The van der Waals surface area contributed by atoms with Gasteiger partial charge in [0.15, 0.2) is 24.5 Å². The summed E-state index contributed by atoms with van der Waals surface area (Å²) < 4.78 is 23.9. The van der Waals surface area contributed by atoms with E-state index in [1.807, 2.05) is 42.0 Å². The van der Waals surface area contributed by atoms with Crippen molar-refractivity contribution in [3.8, 4) is 0 Å². The number of rotatable bonds is 4. The second-order valence-electron chi connectivity index (χ2n) is 6.75. The Kier molecular flexibility index (Phi) is 5.69. The Morgan fingerprint density at radius 1 is 0.964 bits per heavy atom. The van der Waals surface area contributed by atoms with E-state index in [4.69, 9.17) is 18.9 Å². The monoisotopic (exact) mass is 389 g/mol. The molecule has 0 spiro atoms. The molecule has 8 heteroatoms. The molecule has 4 atom stereocenters. The van der Waals surface area contributed by atoms with Gasteiger partial charge in [-0.25, -0.2) is 0 Å². The maximum absolute atomic E-state index is 11.8. The van der Waals surface area contributed by atoms with Crippen LogP contribution in [0.3, 0.4) is 0 Å². The maximum Gasteiger partial charge on any atom is 0.303 e. The zero-order valence-electron chi connectivity index (χ0n) is 16.2. The van der Waals surface area contributed by atoms with Gasteiger partial charge in [0.2, 0.25) is 0 Å². The fraction of sp³-hybridized carbons (Fsp3) is 0.450. The molecule has 0 aliphatic carbocycles. The van der Waals surface area contributed by atoms with E-state index in [2.05, 4.69) is 0 Å². The highest BCUT2D eigenvalue weighted by molar-refractivity contribution is 5.83. The van der Waals surface area contributed by atoms with Crippen LogP contribution >= 0.6 is 0 Å². The first-order valence-corrected chi connectivity index (χ1v) is 8.97. The van der Waals surface area contributed by atoms with Crippen LogP contribution in [-0.4, -0.2) is 47.4 Å². The van der Waals surface area contributed by atoms with E-state index in [0.29, 0.717) is 0 Å². The number of aromatic nitrogens is 1. The van der Waals surface area contributed by atoms with Crippen LogP contribution in [-0.2, 0) is 33.3 Å². The number of fused-ring (bicyclic) bond motifs is 1. The molecular weight excluding hydrogens is 366 g/mol. The molecule has 28 heavy (non-hydrogen) atoms. The van der Waals surface area contributed by atoms with Gasteiger partial charge in [0.25, 0.3) is 0 Å². The van der Waals surface area contributed by atoms with E-state index in [1.54, 1.807) is 0 Å². The summed E-state index contributed by atoms with van der Waals surface area (Å²) in [5, 5.41) is 1.03. The first-order valence-electron chi connectivity index (χ1n) is 8.97. The highest BCUT2D eigenvalue weighted by atomic mass is 16.6. The Balaban J connectivity index is 2.03. The standard InChI is InChI=1S/C20H23NO7/c1-11-6-5-7-16-15(11)8-9-21(16)20-19(28-14(4)24)18(27-13(3)23)17(10-25-20)26-12(2)22/h5-9,17-20H,10H2,1-4H3/t17-,18+,19-,20-/m1/s1. The van der Waals surface area contributed by atoms with Crippen molar-refractivity contribution in [1.29, 1.82) is 0 Å². The van der Waals surface area contributed by atoms with Crippen LogP contribution in [0, 0.1) is 6.92 Å². The fourth-order valence-electron chi connectivity index (χ4n) is 3.53. The molecule has 2 heterocycles. The van der Waals surface area contributed by atoms with Gasteiger partial charge in [0.05, 0.1) is 12.1 Å². The number of nitrogens with zero attached hydrogens (tertiary/aromatic N) is 1. The predicted octanol–water partition coefficient (Wildman–Crippen LogP) is 2.27. The van der Waals surface area contributed by atoms with Crippen molar-refractivity contribution in [2.24, 2.45) is 0 Å². The Morgan fingerprint density at radius 2 is 1.61 bits per heavy atom. The van der Waals surface area contributed by atoms with Gasteiger partial charge in [-0.15, -0.1) is 0 Å².